The molecule has 0 amide bonds. The van der Waals surface area contributed by atoms with Crippen LogP contribution in [0.15, 0.2) is 48.5 Å². The van der Waals surface area contributed by atoms with Crippen molar-refractivity contribution in [3.63, 3.8) is 0 Å². The van der Waals surface area contributed by atoms with Crippen molar-refractivity contribution in [3.8, 4) is 5.69 Å². The van der Waals surface area contributed by atoms with E-state index >= 15 is 0 Å². The molecular formula is C22H23ClN2O2. The average Bonchev–Trinajstić information content (AvgIpc) is 2.88. The van der Waals surface area contributed by atoms with E-state index in [0.29, 0.717) is 23.7 Å². The molecule has 0 spiro atoms. The van der Waals surface area contributed by atoms with Crippen LogP contribution in [0.1, 0.15) is 38.4 Å². The van der Waals surface area contributed by atoms with E-state index in [2.05, 4.69) is 36.5 Å². The SMILES string of the molecule is Cc1ccc(CNCc2c(C(=O)O)c(C)n(-c3ccc(Cl)cc3)c2C)cc1. The zero-order valence-corrected chi connectivity index (χ0v) is 16.5. The molecule has 4 nitrogen and oxygen atoms in total. The molecule has 27 heavy (non-hydrogen) atoms. The molecule has 0 aliphatic carbocycles. The molecule has 0 bridgehead atoms. The van der Waals surface area contributed by atoms with E-state index in [9.17, 15) is 9.90 Å². The molecule has 0 atom stereocenters. The second-order valence-corrected chi connectivity index (χ2v) is 7.17. The lowest BCUT2D eigenvalue weighted by Crippen LogP contribution is -2.15. The largest absolute Gasteiger partial charge is 0.478 e. The first-order valence-corrected chi connectivity index (χ1v) is 9.22. The van der Waals surface area contributed by atoms with Crippen LogP contribution in [0.4, 0.5) is 0 Å². The van der Waals surface area contributed by atoms with Crippen LogP contribution in [0.2, 0.25) is 5.02 Å². The minimum absolute atomic E-state index is 0.360. The van der Waals surface area contributed by atoms with Gasteiger partial charge in [-0.15, -0.1) is 0 Å². The highest BCUT2D eigenvalue weighted by Crippen LogP contribution is 2.27. The first-order chi connectivity index (χ1) is 12.9. The molecule has 140 valence electrons. The van der Waals surface area contributed by atoms with Crippen molar-refractivity contribution < 1.29 is 9.90 Å². The zero-order valence-electron chi connectivity index (χ0n) is 15.7. The van der Waals surface area contributed by atoms with Crippen molar-refractivity contribution in [2.75, 3.05) is 0 Å². The summed E-state index contributed by atoms with van der Waals surface area (Å²) < 4.78 is 1.97. The third-order valence-electron chi connectivity index (χ3n) is 4.82. The zero-order chi connectivity index (χ0) is 19.6. The average molecular weight is 383 g/mol. The number of nitrogens with one attached hydrogen (secondary N) is 1. The number of aromatic carboxylic acids is 1. The molecule has 1 aromatic heterocycles. The maximum absolute atomic E-state index is 11.9. The standard InChI is InChI=1S/C22H23ClN2O2/c1-14-4-6-17(7-5-14)12-24-13-20-15(2)25(16(3)21(20)22(26)27)19-10-8-18(23)9-11-19/h4-11,24H,12-13H2,1-3H3,(H,26,27). The minimum atomic E-state index is -0.907. The fraction of sp³-hybridized carbons (Fsp3) is 0.227. The molecule has 2 N–H and O–H groups in total. The monoisotopic (exact) mass is 382 g/mol. The fourth-order valence-electron chi connectivity index (χ4n) is 3.41. The molecule has 1 heterocycles. The van der Waals surface area contributed by atoms with E-state index in [1.54, 1.807) is 0 Å². The minimum Gasteiger partial charge on any atom is -0.478 e. The molecule has 0 saturated carbocycles. The summed E-state index contributed by atoms with van der Waals surface area (Å²) in [6.45, 7) is 7.03. The van der Waals surface area contributed by atoms with Gasteiger partial charge in [-0.3, -0.25) is 0 Å². The van der Waals surface area contributed by atoms with E-state index < -0.39 is 5.97 Å². The smallest absolute Gasteiger partial charge is 0.337 e. The third kappa shape index (κ3) is 4.07. The van der Waals surface area contributed by atoms with E-state index in [1.165, 1.54) is 11.1 Å². The van der Waals surface area contributed by atoms with Gasteiger partial charge in [-0.05, 0) is 50.6 Å². The number of nitrogens with zero attached hydrogens (tertiary/aromatic N) is 1. The number of aryl methyl sites for hydroxylation is 1. The van der Waals surface area contributed by atoms with Crippen LogP contribution in [-0.4, -0.2) is 15.6 Å². The summed E-state index contributed by atoms with van der Waals surface area (Å²) >= 11 is 5.99. The summed E-state index contributed by atoms with van der Waals surface area (Å²) in [7, 11) is 0. The number of rotatable bonds is 6. The Balaban J connectivity index is 1.89. The van der Waals surface area contributed by atoms with E-state index in [0.717, 1.165) is 22.6 Å². The number of hydrogen-bond acceptors (Lipinski definition) is 2. The third-order valence-corrected chi connectivity index (χ3v) is 5.07. The Kier molecular flexibility index (Phi) is 5.68. The topological polar surface area (TPSA) is 54.3 Å². The first-order valence-electron chi connectivity index (χ1n) is 8.84. The van der Waals surface area contributed by atoms with Crippen molar-refractivity contribution in [2.24, 2.45) is 0 Å². The van der Waals surface area contributed by atoms with Gasteiger partial charge in [0.25, 0.3) is 0 Å². The van der Waals surface area contributed by atoms with Crippen LogP contribution < -0.4 is 5.32 Å². The molecule has 0 aliphatic rings. The van der Waals surface area contributed by atoms with Gasteiger partial charge >= 0.3 is 5.97 Å². The van der Waals surface area contributed by atoms with Crippen LogP contribution in [-0.2, 0) is 13.1 Å². The van der Waals surface area contributed by atoms with Crippen LogP contribution in [0.25, 0.3) is 5.69 Å². The Morgan fingerprint density at radius 1 is 0.963 bits per heavy atom. The second kappa shape index (κ2) is 7.99. The lowest BCUT2D eigenvalue weighted by atomic mass is 10.1. The van der Waals surface area contributed by atoms with Gasteiger partial charge in [-0.25, -0.2) is 4.79 Å². The summed E-state index contributed by atoms with van der Waals surface area (Å²) in [5.74, 6) is -0.907. The first kappa shape index (κ1) is 19.2. The van der Waals surface area contributed by atoms with Crippen molar-refractivity contribution in [1.82, 2.24) is 9.88 Å². The van der Waals surface area contributed by atoms with Gasteiger partial charge in [0, 0.05) is 40.8 Å². The number of carboxylic acids is 1. The number of carbonyl (C=O) groups is 1. The predicted octanol–water partition coefficient (Wildman–Crippen LogP) is 5.04. The Bertz CT molecular complexity index is 957. The summed E-state index contributed by atoms with van der Waals surface area (Å²) in [5, 5.41) is 13.8. The van der Waals surface area contributed by atoms with Gasteiger partial charge < -0.3 is 15.0 Å². The van der Waals surface area contributed by atoms with E-state index in [4.69, 9.17) is 11.6 Å². The van der Waals surface area contributed by atoms with Crippen LogP contribution >= 0.6 is 11.6 Å². The molecule has 3 rings (SSSR count). The van der Waals surface area contributed by atoms with Crippen molar-refractivity contribution in [2.45, 2.75) is 33.9 Å². The van der Waals surface area contributed by atoms with Crippen molar-refractivity contribution in [3.05, 3.63) is 87.2 Å². The number of hydrogen-bond donors (Lipinski definition) is 2. The van der Waals surface area contributed by atoms with Gasteiger partial charge in [0.1, 0.15) is 0 Å². The Hall–Kier alpha value is -2.56. The maximum atomic E-state index is 11.9. The molecule has 0 radical (unpaired) electrons. The van der Waals surface area contributed by atoms with Gasteiger partial charge in [0.05, 0.1) is 5.56 Å². The van der Waals surface area contributed by atoms with Crippen molar-refractivity contribution >= 4 is 17.6 Å². The highest BCUT2D eigenvalue weighted by atomic mass is 35.5. The Labute approximate surface area is 164 Å². The Morgan fingerprint density at radius 2 is 1.59 bits per heavy atom. The lowest BCUT2D eigenvalue weighted by molar-refractivity contribution is 0.0695. The van der Waals surface area contributed by atoms with Gasteiger partial charge in [-0.2, -0.15) is 0 Å². The fourth-order valence-corrected chi connectivity index (χ4v) is 3.54. The predicted molar refractivity (Wildman–Crippen MR) is 109 cm³/mol. The summed E-state index contributed by atoms with van der Waals surface area (Å²) in [6, 6.07) is 15.7. The molecule has 0 fully saturated rings. The molecule has 2 aromatic carbocycles. The molecule has 0 aliphatic heterocycles. The number of benzene rings is 2. The van der Waals surface area contributed by atoms with Crippen LogP contribution in [0, 0.1) is 20.8 Å². The lowest BCUT2D eigenvalue weighted by Gasteiger charge is -2.10. The molecule has 0 unspecified atom stereocenters. The summed E-state index contributed by atoms with van der Waals surface area (Å²) in [5.41, 5.74) is 6.10. The summed E-state index contributed by atoms with van der Waals surface area (Å²) in [6.07, 6.45) is 0. The number of carboxylic acid groups (broad SMARTS) is 1. The molecule has 5 heteroatoms. The highest BCUT2D eigenvalue weighted by Gasteiger charge is 2.23. The molecule has 0 saturated heterocycles. The second-order valence-electron chi connectivity index (χ2n) is 6.73. The van der Waals surface area contributed by atoms with Gasteiger partial charge in [0.2, 0.25) is 0 Å². The van der Waals surface area contributed by atoms with Crippen LogP contribution in [0.5, 0.6) is 0 Å². The molecular weight excluding hydrogens is 360 g/mol. The van der Waals surface area contributed by atoms with E-state index in [-0.39, 0.29) is 0 Å². The summed E-state index contributed by atoms with van der Waals surface area (Å²) in [4.78, 5) is 11.9. The van der Waals surface area contributed by atoms with Crippen molar-refractivity contribution in [1.29, 1.82) is 0 Å². The maximum Gasteiger partial charge on any atom is 0.337 e. The van der Waals surface area contributed by atoms with Crippen LogP contribution in [0.3, 0.4) is 0 Å². The van der Waals surface area contributed by atoms with Gasteiger partial charge in [0.15, 0.2) is 0 Å². The number of aromatic nitrogens is 1. The highest BCUT2D eigenvalue weighted by molar-refractivity contribution is 6.30. The Morgan fingerprint density at radius 3 is 2.19 bits per heavy atom. The van der Waals surface area contributed by atoms with E-state index in [1.807, 2.05) is 42.7 Å². The molecule has 3 aromatic rings. The normalized spacial score (nSPS) is 11.0. The number of halogens is 1. The quantitative estimate of drug-likeness (QED) is 0.627. The van der Waals surface area contributed by atoms with Gasteiger partial charge in [-0.1, -0.05) is 41.4 Å².